The topological polar surface area (TPSA) is 125 Å². The third kappa shape index (κ3) is 26.5. The normalized spacial score (nSPS) is 28.9. The van der Waals surface area contributed by atoms with E-state index in [0.29, 0.717) is 93.4 Å². The molecule has 1 saturated carbocycles. The molecule has 8 N–H and O–H groups in total. The highest BCUT2D eigenvalue weighted by atomic mass is 15.3. The lowest BCUT2D eigenvalue weighted by atomic mass is 9.71. The Labute approximate surface area is 719 Å². The average Bonchev–Trinajstić information content (AvgIpc) is 0.835. The van der Waals surface area contributed by atoms with Crippen molar-refractivity contribution in [1.82, 2.24) is 86.6 Å². The molecule has 0 amide bonds. The van der Waals surface area contributed by atoms with Gasteiger partial charge in [0.05, 0.1) is 0 Å². The molecule has 9 spiro atoms. The first-order valence-electron chi connectivity index (χ1n) is 49.2. The summed E-state index contributed by atoms with van der Waals surface area (Å²) in [6.07, 6.45) is 31.1. The van der Waals surface area contributed by atoms with Crippen molar-refractivity contribution in [2.45, 2.75) is 389 Å². The molecular formula is C99H197N17. The molecule has 18 aliphatic rings. The lowest BCUT2D eigenvalue weighted by molar-refractivity contribution is -0.0872. The summed E-state index contributed by atoms with van der Waals surface area (Å²) in [7, 11) is 0. The Hall–Kier alpha value is -0.680. The first-order valence-corrected chi connectivity index (χ1v) is 49.2. The number of nitrogens with one attached hydrogen (secondary N) is 8. The fourth-order valence-corrected chi connectivity index (χ4v) is 22.9. The Morgan fingerprint density at radius 2 is 0.414 bits per heavy atom. The molecule has 17 aliphatic heterocycles. The van der Waals surface area contributed by atoms with Crippen molar-refractivity contribution in [2.75, 3.05) is 209 Å². The first kappa shape index (κ1) is 97.5. The van der Waals surface area contributed by atoms with Crippen molar-refractivity contribution in [3.8, 4) is 0 Å². The van der Waals surface area contributed by atoms with Gasteiger partial charge < -0.3 is 42.5 Å². The van der Waals surface area contributed by atoms with Crippen LogP contribution in [0.25, 0.3) is 0 Å². The van der Waals surface area contributed by atoms with Gasteiger partial charge in [-0.1, -0.05) is 19.3 Å². The van der Waals surface area contributed by atoms with Crippen molar-refractivity contribution in [3.63, 3.8) is 0 Å². The SMILES string of the molecule is CC(C)(C)N1CC2(CCCC2)C1.CC(C)(C)N1CC2(CCCN2)C1.CC(C)(C)N1CC2(CCCNC2)C1.CC(C)(C)N1CC2(CCNC2)C1.CC(C)(C)N1CC2(CCNCC2)C1.CC(C)(C)N1CC2(CNC2)C1.CC(C)(C)N1CCC2(CC1)CNC2.CC(C)(C)N1CCC2(CCCCN2)CC1.CC(C)(C)N1CCC2(CCNCC2)CC1. The van der Waals surface area contributed by atoms with Crippen LogP contribution in [-0.2, 0) is 0 Å². The molecule has 0 unspecified atom stereocenters. The molecule has 18 rings (SSSR count). The third-order valence-corrected chi connectivity index (χ3v) is 33.0. The minimum absolute atomic E-state index is 0.357. The Bertz CT molecular complexity index is 2650. The highest BCUT2D eigenvalue weighted by Crippen LogP contribution is 2.49. The summed E-state index contributed by atoms with van der Waals surface area (Å²) >= 11 is 0. The number of likely N-dealkylation sites (tertiary alicyclic amines) is 9. The molecule has 17 saturated heterocycles. The number of nitrogens with zero attached hydrogens (tertiary/aromatic N) is 9. The summed E-state index contributed by atoms with van der Waals surface area (Å²) < 4.78 is 0. The van der Waals surface area contributed by atoms with Gasteiger partial charge in [-0.05, 0) is 409 Å². The van der Waals surface area contributed by atoms with Gasteiger partial charge in [0.1, 0.15) is 0 Å². The predicted molar refractivity (Wildman–Crippen MR) is 499 cm³/mol. The highest BCUT2D eigenvalue weighted by Gasteiger charge is 2.54. The van der Waals surface area contributed by atoms with Gasteiger partial charge in [0, 0.05) is 208 Å². The van der Waals surface area contributed by atoms with E-state index in [1.807, 2.05) is 0 Å². The molecular weight excluding hydrogens is 1430 g/mol. The minimum atomic E-state index is 0.357. The Morgan fingerprint density at radius 3 is 0.733 bits per heavy atom. The van der Waals surface area contributed by atoms with Crippen LogP contribution in [0.1, 0.15) is 328 Å². The molecule has 0 atom stereocenters. The molecule has 0 radical (unpaired) electrons. The van der Waals surface area contributed by atoms with Crippen LogP contribution in [0.15, 0.2) is 0 Å². The molecule has 0 aromatic carbocycles. The van der Waals surface area contributed by atoms with E-state index in [1.165, 1.54) is 351 Å². The molecule has 17 nitrogen and oxygen atoms in total. The lowest BCUT2D eigenvalue weighted by Crippen LogP contribution is -2.73. The van der Waals surface area contributed by atoms with Gasteiger partial charge in [-0.3, -0.25) is 44.1 Å². The third-order valence-electron chi connectivity index (χ3n) is 33.0. The quantitative estimate of drug-likeness (QED) is 0.117. The Kier molecular flexibility index (Phi) is 32.0. The Morgan fingerprint density at radius 1 is 0.164 bits per heavy atom. The summed E-state index contributed by atoms with van der Waals surface area (Å²) in [6, 6.07) is 0. The van der Waals surface area contributed by atoms with Crippen molar-refractivity contribution in [3.05, 3.63) is 0 Å². The van der Waals surface area contributed by atoms with Crippen molar-refractivity contribution < 1.29 is 0 Å². The van der Waals surface area contributed by atoms with Crippen LogP contribution in [0.3, 0.4) is 0 Å². The second-order valence-corrected chi connectivity index (χ2v) is 51.7. The number of hydrogen-bond acceptors (Lipinski definition) is 17. The van der Waals surface area contributed by atoms with Crippen molar-refractivity contribution in [1.29, 1.82) is 0 Å². The van der Waals surface area contributed by atoms with E-state index in [-0.39, 0.29) is 0 Å². The minimum Gasteiger partial charge on any atom is -0.317 e. The molecule has 0 bridgehead atoms. The summed E-state index contributed by atoms with van der Waals surface area (Å²) in [4.78, 5) is 23.4. The average molecular weight is 1630 g/mol. The summed E-state index contributed by atoms with van der Waals surface area (Å²) in [5.74, 6) is 0. The van der Waals surface area contributed by atoms with E-state index in [2.05, 4.69) is 274 Å². The largest absolute Gasteiger partial charge is 0.317 e. The van der Waals surface area contributed by atoms with Crippen LogP contribution in [0, 0.1) is 37.9 Å². The zero-order chi connectivity index (χ0) is 85.0. The number of piperidine rings is 7. The van der Waals surface area contributed by atoms with E-state index in [1.54, 1.807) is 0 Å². The van der Waals surface area contributed by atoms with Crippen LogP contribution in [0.5, 0.6) is 0 Å². The molecule has 18 fully saturated rings. The standard InChI is InChI=1S/2C13H26N2.3C11H22N2.C11H21N.2C10H20N2.C9H18N2/c1-12(2,3)15-10-6-13(7-11-15)4-8-14-9-5-13;1-12(2,3)15-10-7-13(8-11-15)6-4-5-9-14-13;1-10(2,3)13-6-4-11(5-7-13)8-12-9-11;1-10(2,3)13-8-11(9-13)4-6-12-7-5-11;1-10(2,3)13-8-11(9-13)5-4-6-12-7-11;1-10(2,3)12-8-11(9-12)6-4-5-7-11;1-9(2,3)12-7-10(8-12)4-5-11-6-10;1-9(2,3)12-7-10(8-12)5-4-6-11-10;1-8(2,3)11-6-9(7-11)4-10-5-9/h2*14H,4-11H2,1-3H3;3*12H,4-9H2,1-3H3;4-9H2,1-3H3;2*11H,4-8H2,1-3H3;10H,4-7H2,1-3H3. The smallest absolute Gasteiger partial charge is 0.0438 e. The maximum Gasteiger partial charge on any atom is 0.0438 e. The predicted octanol–water partition coefficient (Wildman–Crippen LogP) is 14.7. The Balaban J connectivity index is 0.000000138. The molecule has 116 heavy (non-hydrogen) atoms. The van der Waals surface area contributed by atoms with Crippen LogP contribution >= 0.6 is 0 Å². The van der Waals surface area contributed by atoms with Crippen LogP contribution < -0.4 is 42.5 Å². The second-order valence-electron chi connectivity index (χ2n) is 51.7. The fraction of sp³-hybridized carbons (Fsp3) is 1.00. The van der Waals surface area contributed by atoms with Gasteiger partial charge in [-0.2, -0.15) is 0 Å². The van der Waals surface area contributed by atoms with E-state index in [0.717, 1.165) is 5.41 Å². The molecule has 0 aromatic heterocycles. The lowest BCUT2D eigenvalue weighted by Gasteiger charge is -2.60. The second kappa shape index (κ2) is 38.1. The number of hydrogen-bond donors (Lipinski definition) is 8. The van der Waals surface area contributed by atoms with Crippen LogP contribution in [0.4, 0.5) is 0 Å². The van der Waals surface area contributed by atoms with E-state index in [4.69, 9.17) is 0 Å². The van der Waals surface area contributed by atoms with Gasteiger partial charge in [-0.25, -0.2) is 0 Å². The van der Waals surface area contributed by atoms with Gasteiger partial charge in [0.15, 0.2) is 0 Å². The zero-order valence-electron chi connectivity index (χ0n) is 82.2. The monoisotopic (exact) mass is 1620 g/mol. The summed E-state index contributed by atoms with van der Waals surface area (Å²) in [6.45, 7) is 104. The van der Waals surface area contributed by atoms with Crippen molar-refractivity contribution in [2.24, 2.45) is 37.9 Å². The molecule has 17 heterocycles. The molecule has 678 valence electrons. The van der Waals surface area contributed by atoms with E-state index in [9.17, 15) is 0 Å². The van der Waals surface area contributed by atoms with Gasteiger partial charge in [0.2, 0.25) is 0 Å². The number of rotatable bonds is 0. The molecule has 0 aromatic rings. The van der Waals surface area contributed by atoms with Crippen LogP contribution in [-0.4, -0.2) is 314 Å². The van der Waals surface area contributed by atoms with Crippen LogP contribution in [0.2, 0.25) is 0 Å². The fourth-order valence-electron chi connectivity index (χ4n) is 22.9. The highest BCUT2D eigenvalue weighted by molar-refractivity contribution is 5.11. The summed E-state index contributed by atoms with van der Waals surface area (Å²) in [5.41, 5.74) is 9.31. The summed E-state index contributed by atoms with van der Waals surface area (Å²) in [5, 5.41) is 28.1. The van der Waals surface area contributed by atoms with E-state index >= 15 is 0 Å². The van der Waals surface area contributed by atoms with E-state index < -0.39 is 0 Å². The molecule has 1 aliphatic carbocycles. The van der Waals surface area contributed by atoms with Gasteiger partial charge in [-0.15, -0.1) is 0 Å². The maximum absolute atomic E-state index is 3.78. The zero-order valence-corrected chi connectivity index (χ0v) is 82.2. The van der Waals surface area contributed by atoms with Crippen molar-refractivity contribution >= 4 is 0 Å². The van der Waals surface area contributed by atoms with Gasteiger partial charge >= 0.3 is 0 Å². The molecule has 17 heteroatoms. The maximum atomic E-state index is 3.78. The van der Waals surface area contributed by atoms with Gasteiger partial charge in [0.25, 0.3) is 0 Å². The first-order chi connectivity index (χ1) is 53.7.